The summed E-state index contributed by atoms with van der Waals surface area (Å²) in [4.78, 5) is 2.53. The summed E-state index contributed by atoms with van der Waals surface area (Å²) in [5.41, 5.74) is 8.25. The van der Waals surface area contributed by atoms with E-state index < -0.39 is 0 Å². The summed E-state index contributed by atoms with van der Waals surface area (Å²) in [6.45, 7) is 4.22. The number of ether oxygens (including phenoxy) is 2. The van der Waals surface area contributed by atoms with Crippen LogP contribution in [0.15, 0.2) is 66.7 Å². The summed E-state index contributed by atoms with van der Waals surface area (Å²) in [7, 11) is 1.74. The zero-order valence-corrected chi connectivity index (χ0v) is 20.1. The van der Waals surface area contributed by atoms with Crippen molar-refractivity contribution in [2.45, 2.75) is 37.5 Å². The topological polar surface area (TPSA) is 21.7 Å². The fourth-order valence-electron chi connectivity index (χ4n) is 6.24. The second-order valence-electron chi connectivity index (χ2n) is 9.99. The van der Waals surface area contributed by atoms with Gasteiger partial charge in [-0.2, -0.15) is 0 Å². The predicted molar refractivity (Wildman–Crippen MR) is 139 cm³/mol. The molecule has 3 aromatic rings. The minimum Gasteiger partial charge on any atom is -0.497 e. The van der Waals surface area contributed by atoms with E-state index in [4.69, 9.17) is 9.47 Å². The van der Waals surface area contributed by atoms with E-state index in [9.17, 15) is 0 Å². The van der Waals surface area contributed by atoms with Crippen LogP contribution in [0.4, 0.5) is 0 Å². The van der Waals surface area contributed by atoms with E-state index in [-0.39, 0.29) is 5.41 Å². The number of hydrogen-bond donors (Lipinski definition) is 0. The number of likely N-dealkylation sites (tertiary alicyclic amines) is 1. The lowest BCUT2D eigenvalue weighted by Crippen LogP contribution is -2.33. The molecule has 1 unspecified atom stereocenters. The molecule has 3 aromatic carbocycles. The molecule has 174 valence electrons. The Morgan fingerprint density at radius 1 is 0.824 bits per heavy atom. The minimum atomic E-state index is -0.0300. The standard InChI is InChI=1S/C31H33NO2/c1-33-27-12-13-29-25(18-27)20-30(23-8-4-2-5-9-23)31(29)21-24-10-11-28(19-26(24)22-31)34-17-16-32-14-6-3-7-15-32/h2,4-5,8-13,18-20H,3,6-7,14-17,21-22H2,1H3. The molecule has 3 aliphatic rings. The molecule has 0 amide bonds. The van der Waals surface area contributed by atoms with Crippen LogP contribution in [0, 0.1) is 0 Å². The van der Waals surface area contributed by atoms with Gasteiger partial charge >= 0.3 is 0 Å². The summed E-state index contributed by atoms with van der Waals surface area (Å²) in [5.74, 6) is 1.92. The average Bonchev–Trinajstić information content (AvgIpc) is 3.42. The number of fused-ring (bicyclic) bond motifs is 3. The van der Waals surface area contributed by atoms with Crippen molar-refractivity contribution < 1.29 is 9.47 Å². The van der Waals surface area contributed by atoms with E-state index in [1.165, 1.54) is 65.7 Å². The van der Waals surface area contributed by atoms with Gasteiger partial charge < -0.3 is 9.47 Å². The Balaban J connectivity index is 1.27. The number of benzene rings is 3. The van der Waals surface area contributed by atoms with Crippen LogP contribution in [0.5, 0.6) is 11.5 Å². The van der Waals surface area contributed by atoms with Crippen LogP contribution >= 0.6 is 0 Å². The summed E-state index contributed by atoms with van der Waals surface area (Å²) in [5, 5.41) is 0. The van der Waals surface area contributed by atoms with Crippen LogP contribution in [-0.2, 0) is 18.3 Å². The first-order valence-corrected chi connectivity index (χ1v) is 12.7. The van der Waals surface area contributed by atoms with Crippen LogP contribution < -0.4 is 9.47 Å². The van der Waals surface area contributed by atoms with Gasteiger partial charge in [0.2, 0.25) is 0 Å². The first-order valence-electron chi connectivity index (χ1n) is 12.7. The van der Waals surface area contributed by atoms with Crippen molar-refractivity contribution in [3.05, 3.63) is 94.5 Å². The van der Waals surface area contributed by atoms with Gasteiger partial charge in [0.05, 0.1) is 7.11 Å². The van der Waals surface area contributed by atoms with E-state index in [0.29, 0.717) is 0 Å². The zero-order chi connectivity index (χ0) is 23.0. The van der Waals surface area contributed by atoms with E-state index in [1.807, 2.05) is 0 Å². The number of rotatable bonds is 6. The highest BCUT2D eigenvalue weighted by molar-refractivity contribution is 5.95. The molecule has 34 heavy (non-hydrogen) atoms. The van der Waals surface area contributed by atoms with Crippen LogP contribution in [0.2, 0.25) is 0 Å². The third-order valence-electron chi connectivity index (χ3n) is 7.96. The number of piperidine rings is 1. The first-order chi connectivity index (χ1) is 16.7. The lowest BCUT2D eigenvalue weighted by Gasteiger charge is -2.30. The normalized spacial score (nSPS) is 21.3. The molecule has 0 radical (unpaired) electrons. The molecular formula is C31H33NO2. The van der Waals surface area contributed by atoms with Gasteiger partial charge in [-0.15, -0.1) is 0 Å². The molecule has 0 saturated carbocycles. The summed E-state index contributed by atoms with van der Waals surface area (Å²) < 4.78 is 11.8. The van der Waals surface area contributed by atoms with Gasteiger partial charge in [-0.1, -0.05) is 48.9 Å². The highest BCUT2D eigenvalue weighted by Crippen LogP contribution is 2.55. The zero-order valence-electron chi connectivity index (χ0n) is 20.1. The van der Waals surface area contributed by atoms with E-state index in [2.05, 4.69) is 77.7 Å². The highest BCUT2D eigenvalue weighted by Gasteiger charge is 2.46. The Morgan fingerprint density at radius 2 is 1.62 bits per heavy atom. The number of hydrogen-bond acceptors (Lipinski definition) is 3. The van der Waals surface area contributed by atoms with Crippen molar-refractivity contribution in [3.63, 3.8) is 0 Å². The number of nitrogens with zero attached hydrogens (tertiary/aromatic N) is 1. The third kappa shape index (κ3) is 3.82. The second kappa shape index (κ2) is 8.96. The van der Waals surface area contributed by atoms with Gasteiger partial charge in [-0.25, -0.2) is 0 Å². The van der Waals surface area contributed by atoms with Crippen molar-refractivity contribution >= 4 is 11.6 Å². The molecule has 0 N–H and O–H groups in total. The first kappa shape index (κ1) is 21.5. The molecule has 1 heterocycles. The smallest absolute Gasteiger partial charge is 0.119 e. The third-order valence-corrected chi connectivity index (χ3v) is 7.96. The van der Waals surface area contributed by atoms with Crippen molar-refractivity contribution in [1.82, 2.24) is 4.90 Å². The Morgan fingerprint density at radius 3 is 2.44 bits per heavy atom. The van der Waals surface area contributed by atoms with Gasteiger partial charge in [0, 0.05) is 12.0 Å². The summed E-state index contributed by atoms with van der Waals surface area (Å²) >= 11 is 0. The molecule has 1 saturated heterocycles. The number of allylic oxidation sites excluding steroid dienone is 1. The minimum absolute atomic E-state index is 0.0300. The maximum atomic E-state index is 6.22. The Bertz CT molecular complexity index is 1210. The monoisotopic (exact) mass is 451 g/mol. The van der Waals surface area contributed by atoms with Gasteiger partial charge in [-0.3, -0.25) is 4.90 Å². The average molecular weight is 452 g/mol. The number of methoxy groups -OCH3 is 1. The fourth-order valence-corrected chi connectivity index (χ4v) is 6.24. The van der Waals surface area contributed by atoms with Gasteiger partial charge in [-0.05, 0) is 103 Å². The van der Waals surface area contributed by atoms with Gasteiger partial charge in [0.1, 0.15) is 18.1 Å². The molecule has 1 spiro atoms. The van der Waals surface area contributed by atoms with E-state index in [1.54, 1.807) is 7.11 Å². The van der Waals surface area contributed by atoms with Gasteiger partial charge in [0.25, 0.3) is 0 Å². The van der Waals surface area contributed by atoms with Crippen molar-refractivity contribution in [2.24, 2.45) is 0 Å². The van der Waals surface area contributed by atoms with Crippen molar-refractivity contribution in [3.8, 4) is 11.5 Å². The predicted octanol–water partition coefficient (Wildman–Crippen LogP) is 6.15. The molecule has 3 heteroatoms. The molecular weight excluding hydrogens is 418 g/mol. The van der Waals surface area contributed by atoms with Gasteiger partial charge in [0.15, 0.2) is 0 Å². The maximum Gasteiger partial charge on any atom is 0.119 e. The highest BCUT2D eigenvalue weighted by atomic mass is 16.5. The maximum absolute atomic E-state index is 6.22. The molecule has 0 aromatic heterocycles. The molecule has 3 nitrogen and oxygen atoms in total. The Labute approximate surface area is 203 Å². The lowest BCUT2D eigenvalue weighted by molar-refractivity contribution is 0.183. The summed E-state index contributed by atoms with van der Waals surface area (Å²) in [6.07, 6.45) is 8.44. The molecule has 6 rings (SSSR count). The molecule has 0 bridgehead atoms. The fraction of sp³-hybridized carbons (Fsp3) is 0.355. The Hall–Kier alpha value is -3.04. The van der Waals surface area contributed by atoms with E-state index >= 15 is 0 Å². The van der Waals surface area contributed by atoms with Crippen molar-refractivity contribution in [1.29, 1.82) is 0 Å². The van der Waals surface area contributed by atoms with Crippen LogP contribution in [0.3, 0.4) is 0 Å². The molecule has 1 aliphatic heterocycles. The quantitative estimate of drug-likeness (QED) is 0.449. The second-order valence-corrected chi connectivity index (χ2v) is 9.99. The van der Waals surface area contributed by atoms with E-state index in [0.717, 1.165) is 37.5 Å². The largest absolute Gasteiger partial charge is 0.497 e. The van der Waals surface area contributed by atoms with Crippen LogP contribution in [0.25, 0.3) is 11.6 Å². The van der Waals surface area contributed by atoms with Crippen molar-refractivity contribution in [2.75, 3.05) is 33.4 Å². The van der Waals surface area contributed by atoms with Crippen LogP contribution in [-0.4, -0.2) is 38.3 Å². The SMILES string of the molecule is COc1ccc2c(c1)C=C(c1ccccc1)C21Cc2ccc(OCCN3CCCCC3)cc2C1. The molecule has 2 aliphatic carbocycles. The molecule has 1 atom stereocenters. The lowest BCUT2D eigenvalue weighted by atomic mass is 9.72. The molecule has 1 fully saturated rings. The van der Waals surface area contributed by atoms with Crippen LogP contribution in [0.1, 0.15) is 47.1 Å². The summed E-state index contributed by atoms with van der Waals surface area (Å²) in [6, 6.07) is 24.2. The Kier molecular flexibility index (Phi) is 5.66.